The Morgan fingerprint density at radius 3 is 2.23 bits per heavy atom. The van der Waals surface area contributed by atoms with E-state index >= 15 is 0 Å². The lowest BCUT2D eigenvalue weighted by atomic mass is 9.87. The molecule has 1 unspecified atom stereocenters. The number of hydrogen-bond donors (Lipinski definition) is 6. The second-order valence-corrected chi connectivity index (χ2v) is 19.3. The lowest BCUT2D eigenvalue weighted by Gasteiger charge is -2.37. The van der Waals surface area contributed by atoms with Gasteiger partial charge in [-0.15, -0.1) is 0 Å². The topological polar surface area (TPSA) is 122 Å². The minimum absolute atomic E-state index is 0.00323. The van der Waals surface area contributed by atoms with Crippen molar-refractivity contribution in [2.24, 2.45) is 9.98 Å². The van der Waals surface area contributed by atoms with Gasteiger partial charge in [0.15, 0.2) is 0 Å². The van der Waals surface area contributed by atoms with Crippen LogP contribution in [0.1, 0.15) is 150 Å². The van der Waals surface area contributed by atoms with E-state index in [1.165, 1.54) is 62.6 Å². The van der Waals surface area contributed by atoms with Crippen LogP contribution in [0.2, 0.25) is 0 Å². The fourth-order valence-corrected chi connectivity index (χ4v) is 8.33. The van der Waals surface area contributed by atoms with Crippen LogP contribution < -0.4 is 31.9 Å². The summed E-state index contributed by atoms with van der Waals surface area (Å²) in [5.74, 6) is 1.83. The van der Waals surface area contributed by atoms with Gasteiger partial charge in [-0.1, -0.05) is 98.1 Å². The molecule has 64 heavy (non-hydrogen) atoms. The van der Waals surface area contributed by atoms with Crippen molar-refractivity contribution in [3.63, 3.8) is 0 Å². The predicted octanol–water partition coefficient (Wildman–Crippen LogP) is 9.48. The van der Waals surface area contributed by atoms with Gasteiger partial charge in [-0.2, -0.15) is 0 Å². The third-order valence-electron chi connectivity index (χ3n) is 12.3. The molecular weight excluding hydrogens is 797 g/mol. The van der Waals surface area contributed by atoms with E-state index in [1.807, 2.05) is 6.21 Å². The zero-order chi connectivity index (χ0) is 46.0. The maximum Gasteiger partial charge on any atom is 0.148 e. The summed E-state index contributed by atoms with van der Waals surface area (Å²) in [5, 5.41) is 20.9. The quantitative estimate of drug-likeness (QED) is 0.0368. The van der Waals surface area contributed by atoms with E-state index in [9.17, 15) is 0 Å². The van der Waals surface area contributed by atoms with Crippen molar-refractivity contribution < 1.29 is 9.47 Å². The van der Waals surface area contributed by atoms with Gasteiger partial charge in [0.2, 0.25) is 0 Å². The van der Waals surface area contributed by atoms with Crippen LogP contribution in [0.3, 0.4) is 0 Å². The Hall–Kier alpha value is -3.84. The van der Waals surface area contributed by atoms with Crippen molar-refractivity contribution >= 4 is 18.2 Å². The largest absolute Gasteiger partial charge is 0.389 e. The molecule has 1 fully saturated rings. The van der Waals surface area contributed by atoms with Gasteiger partial charge in [0.1, 0.15) is 23.9 Å². The van der Waals surface area contributed by atoms with Gasteiger partial charge in [-0.3, -0.25) is 15.2 Å². The van der Waals surface area contributed by atoms with E-state index in [0.29, 0.717) is 12.6 Å². The average molecular weight is 887 g/mol. The molecule has 3 atom stereocenters. The Morgan fingerprint density at radius 1 is 0.844 bits per heavy atom. The van der Waals surface area contributed by atoms with Crippen LogP contribution in [-0.4, -0.2) is 106 Å². The monoisotopic (exact) mass is 887 g/mol. The number of aliphatic imine (C=N–C) groups is 2. The summed E-state index contributed by atoms with van der Waals surface area (Å²) in [6, 6.07) is 9.06. The molecule has 0 bridgehead atoms. The number of hydrogen-bond acceptors (Lipinski definition) is 12. The fourth-order valence-electron chi connectivity index (χ4n) is 8.33. The molecule has 3 aliphatic heterocycles. The van der Waals surface area contributed by atoms with Crippen molar-refractivity contribution in [2.45, 2.75) is 174 Å². The van der Waals surface area contributed by atoms with Gasteiger partial charge in [-0.05, 0) is 108 Å². The van der Waals surface area contributed by atoms with E-state index < -0.39 is 0 Å². The van der Waals surface area contributed by atoms with Crippen molar-refractivity contribution in [3.05, 3.63) is 78.3 Å². The number of unbranched alkanes of at least 4 members (excludes halogenated alkanes) is 7. The first-order chi connectivity index (χ1) is 30.9. The zero-order valence-corrected chi connectivity index (χ0v) is 41.2. The van der Waals surface area contributed by atoms with Gasteiger partial charge in [0, 0.05) is 75.3 Å². The molecule has 1 aromatic carbocycles. The Morgan fingerprint density at radius 2 is 1.52 bits per heavy atom. The predicted molar refractivity (Wildman–Crippen MR) is 272 cm³/mol. The lowest BCUT2D eigenvalue weighted by Crippen LogP contribution is -2.48. The number of rotatable bonds is 35. The van der Waals surface area contributed by atoms with Crippen LogP contribution in [0.4, 0.5) is 5.69 Å². The molecule has 4 rings (SSSR count). The average Bonchev–Trinajstić information content (AvgIpc) is 3.74. The smallest absolute Gasteiger partial charge is 0.148 e. The van der Waals surface area contributed by atoms with Crippen LogP contribution in [0.15, 0.2) is 82.7 Å². The van der Waals surface area contributed by atoms with E-state index in [0.717, 1.165) is 133 Å². The SMILES string of the molecule is C=C(CCCC)NCCCCCCCCCOCCCNC(=C)CCCNC1N=CNC2=C1N=CCN2[C@H]1CC[C@@H](CN(CCCNC(=C)Nc2ccc(C(C)(C)C)cc2)C(C)C)O1. The maximum absolute atomic E-state index is 6.75. The van der Waals surface area contributed by atoms with Crippen LogP contribution in [0, 0.1) is 0 Å². The molecule has 3 heterocycles. The van der Waals surface area contributed by atoms with E-state index in [4.69, 9.17) is 19.5 Å². The van der Waals surface area contributed by atoms with Gasteiger partial charge in [-0.25, -0.2) is 4.99 Å². The summed E-state index contributed by atoms with van der Waals surface area (Å²) in [4.78, 5) is 14.4. The van der Waals surface area contributed by atoms with Gasteiger partial charge in [0.25, 0.3) is 0 Å². The Balaban J connectivity index is 1.03. The van der Waals surface area contributed by atoms with E-state index in [2.05, 4.69) is 127 Å². The second kappa shape index (κ2) is 29.6. The number of anilines is 1. The number of benzene rings is 1. The van der Waals surface area contributed by atoms with Crippen LogP contribution in [0.5, 0.6) is 0 Å². The number of ether oxygens (including phenoxy) is 2. The summed E-state index contributed by atoms with van der Waals surface area (Å²) in [6.45, 7) is 34.0. The Labute approximate surface area is 389 Å². The summed E-state index contributed by atoms with van der Waals surface area (Å²) in [7, 11) is 0. The first-order valence-electron chi connectivity index (χ1n) is 25.1. The highest BCUT2D eigenvalue weighted by molar-refractivity contribution is 5.68. The van der Waals surface area contributed by atoms with Crippen LogP contribution in [-0.2, 0) is 14.9 Å². The minimum Gasteiger partial charge on any atom is -0.389 e. The highest BCUT2D eigenvalue weighted by Gasteiger charge is 2.36. The van der Waals surface area contributed by atoms with Crippen molar-refractivity contribution in [3.8, 4) is 0 Å². The van der Waals surface area contributed by atoms with Crippen molar-refractivity contribution in [1.29, 1.82) is 0 Å². The van der Waals surface area contributed by atoms with Gasteiger partial charge >= 0.3 is 0 Å². The molecule has 1 saturated heterocycles. The first-order valence-corrected chi connectivity index (χ1v) is 25.1. The van der Waals surface area contributed by atoms with E-state index in [-0.39, 0.29) is 23.9 Å². The first kappa shape index (κ1) is 52.8. The highest BCUT2D eigenvalue weighted by Crippen LogP contribution is 2.30. The second-order valence-electron chi connectivity index (χ2n) is 19.3. The Bertz CT molecular complexity index is 1600. The molecular formula is C52H90N10O2. The molecule has 0 spiro atoms. The molecule has 0 saturated carbocycles. The minimum atomic E-state index is -0.190. The summed E-state index contributed by atoms with van der Waals surface area (Å²) >= 11 is 0. The highest BCUT2D eigenvalue weighted by atomic mass is 16.5. The van der Waals surface area contributed by atoms with Crippen molar-refractivity contribution in [2.75, 3.05) is 64.3 Å². The summed E-state index contributed by atoms with van der Waals surface area (Å²) < 4.78 is 12.6. The summed E-state index contributed by atoms with van der Waals surface area (Å²) in [5.41, 5.74) is 5.72. The molecule has 0 aliphatic carbocycles. The number of nitrogens with one attached hydrogen (secondary N) is 6. The van der Waals surface area contributed by atoms with Gasteiger partial charge in [0.05, 0.1) is 24.8 Å². The van der Waals surface area contributed by atoms with Crippen LogP contribution >= 0.6 is 0 Å². The Kier molecular flexibility index (Phi) is 24.4. The molecule has 0 radical (unpaired) electrons. The molecule has 12 heteroatoms. The normalized spacial score (nSPS) is 18.4. The fraction of sp³-hybridized carbons (Fsp3) is 0.692. The molecule has 360 valence electrons. The lowest BCUT2D eigenvalue weighted by molar-refractivity contribution is -0.0482. The third-order valence-corrected chi connectivity index (χ3v) is 12.3. The molecule has 0 amide bonds. The van der Waals surface area contributed by atoms with Gasteiger partial charge < -0.3 is 41.0 Å². The standard InChI is InChI=1S/C52H90N10O2/c1-10-11-22-42(4)53-30-17-15-13-12-14-16-18-37-63-38-21-33-54-43(5)23-19-31-57-50-49-51(59-40-58-50)62(36-34-56-49)48-29-28-47(64-48)39-61(41(2)3)35-20-32-55-44(6)60-46-26-24-45(25-27-46)52(7,8)9/h24-27,34,40-41,47-48,50,53-55,57,60H,4-6,10-23,28-33,35-39H2,1-3,7-9H3,(H,58,59)/t47-,48+,50?/m0/s1. The number of nitrogens with zero attached hydrogens (tertiary/aromatic N) is 4. The van der Waals surface area contributed by atoms with Crippen LogP contribution in [0.25, 0.3) is 0 Å². The zero-order valence-electron chi connectivity index (χ0n) is 41.2. The third kappa shape index (κ3) is 20.1. The molecule has 6 N–H and O–H groups in total. The molecule has 0 aromatic heterocycles. The molecule has 12 nitrogen and oxygen atoms in total. The number of allylic oxidation sites excluding steroid dienone is 2. The molecule has 3 aliphatic rings. The summed E-state index contributed by atoms with van der Waals surface area (Å²) in [6.07, 6.45) is 22.2. The van der Waals surface area contributed by atoms with E-state index in [1.54, 1.807) is 6.34 Å². The maximum atomic E-state index is 6.75. The molecule has 1 aromatic rings. The van der Waals surface area contributed by atoms with Crippen molar-refractivity contribution in [1.82, 2.24) is 36.4 Å².